The van der Waals surface area contributed by atoms with Gasteiger partial charge in [-0.25, -0.2) is 0 Å². The highest BCUT2D eigenvalue weighted by Gasteiger charge is 2.30. The van der Waals surface area contributed by atoms with E-state index in [0.29, 0.717) is 23.8 Å². The Balaban J connectivity index is 0.000000552. The number of aryl methyl sites for hydroxylation is 2. The zero-order chi connectivity index (χ0) is 42.4. The first-order chi connectivity index (χ1) is 25.5. The SMILES string of the molecule is CC.CCC1C=CC=CC1=NC.CN=C1C=CC=CC1=NC.Cc1cc(C(C)(C)CC(C)(C)C)cc(Cc2cc(C(C)(C)CC(C)(C)C)cc(C)c2O)c1O. The normalized spacial score (nSPS) is 17.7. The highest BCUT2D eigenvalue weighted by molar-refractivity contribution is 6.51. The van der Waals surface area contributed by atoms with Crippen LogP contribution in [-0.2, 0) is 17.3 Å². The number of rotatable bonds is 7. The van der Waals surface area contributed by atoms with Crippen LogP contribution in [-0.4, -0.2) is 48.5 Å². The van der Waals surface area contributed by atoms with Crippen molar-refractivity contribution in [1.82, 2.24) is 0 Å². The molecule has 5 nitrogen and oxygen atoms in total. The number of aliphatic imine (C=N–C) groups is 3. The quantitative estimate of drug-likeness (QED) is 0.276. The first-order valence-electron chi connectivity index (χ1n) is 20.2. The topological polar surface area (TPSA) is 77.5 Å². The highest BCUT2D eigenvalue weighted by atomic mass is 16.3. The fourth-order valence-electron chi connectivity index (χ4n) is 7.82. The van der Waals surface area contributed by atoms with Crippen LogP contribution in [0.3, 0.4) is 0 Å². The number of phenolic OH excluding ortho intramolecular Hbond substituents is 2. The van der Waals surface area contributed by atoms with Crippen LogP contribution in [0.25, 0.3) is 0 Å². The number of nitrogens with zero attached hydrogens (tertiary/aromatic N) is 3. The van der Waals surface area contributed by atoms with Gasteiger partial charge in [0.2, 0.25) is 0 Å². The first kappa shape index (κ1) is 49.0. The second-order valence-electron chi connectivity index (χ2n) is 18.4. The van der Waals surface area contributed by atoms with Gasteiger partial charge in [0.1, 0.15) is 11.5 Å². The van der Waals surface area contributed by atoms with Crippen molar-refractivity contribution in [3.8, 4) is 11.5 Å². The lowest BCUT2D eigenvalue weighted by atomic mass is 9.71. The van der Waals surface area contributed by atoms with Gasteiger partial charge in [0.25, 0.3) is 0 Å². The van der Waals surface area contributed by atoms with Crippen molar-refractivity contribution >= 4 is 17.1 Å². The molecular weight excluding hydrogens is 675 g/mol. The van der Waals surface area contributed by atoms with Gasteiger partial charge in [-0.3, -0.25) is 15.0 Å². The Labute approximate surface area is 337 Å². The average molecular weight is 752 g/mol. The molecule has 5 heteroatoms. The lowest BCUT2D eigenvalue weighted by Crippen LogP contribution is -2.25. The minimum absolute atomic E-state index is 0.0139. The molecule has 4 rings (SSSR count). The second-order valence-corrected chi connectivity index (χ2v) is 18.4. The van der Waals surface area contributed by atoms with Crippen LogP contribution in [0.4, 0.5) is 0 Å². The van der Waals surface area contributed by atoms with Gasteiger partial charge < -0.3 is 10.2 Å². The van der Waals surface area contributed by atoms with Crippen molar-refractivity contribution < 1.29 is 10.2 Å². The monoisotopic (exact) mass is 752 g/mol. The van der Waals surface area contributed by atoms with Gasteiger partial charge in [0.05, 0.1) is 11.4 Å². The fourth-order valence-corrected chi connectivity index (χ4v) is 7.82. The van der Waals surface area contributed by atoms with Crippen LogP contribution in [0, 0.1) is 30.6 Å². The van der Waals surface area contributed by atoms with E-state index in [4.69, 9.17) is 0 Å². The molecule has 0 amide bonds. The fraction of sp³-hybridized carbons (Fsp3) is 0.540. The van der Waals surface area contributed by atoms with Crippen LogP contribution in [0.1, 0.15) is 143 Å². The van der Waals surface area contributed by atoms with Gasteiger partial charge in [-0.2, -0.15) is 0 Å². The van der Waals surface area contributed by atoms with E-state index in [1.807, 2.05) is 65.1 Å². The largest absolute Gasteiger partial charge is 0.507 e. The van der Waals surface area contributed by atoms with Gasteiger partial charge in [-0.05, 0) is 106 Å². The summed E-state index contributed by atoms with van der Waals surface area (Å²) in [5, 5.41) is 21.9. The maximum atomic E-state index is 10.9. The molecule has 0 spiro atoms. The summed E-state index contributed by atoms with van der Waals surface area (Å²) in [6, 6.07) is 8.54. The summed E-state index contributed by atoms with van der Waals surface area (Å²) in [7, 11) is 5.38. The number of aromatic hydroxyl groups is 2. The Morgan fingerprint density at radius 1 is 0.564 bits per heavy atom. The number of phenols is 2. The smallest absolute Gasteiger partial charge is 0.122 e. The molecule has 2 aliphatic carbocycles. The minimum atomic E-state index is -0.0139. The molecule has 0 fully saturated rings. The molecule has 0 saturated carbocycles. The molecule has 2 aliphatic rings. The third kappa shape index (κ3) is 15.6. The zero-order valence-corrected chi connectivity index (χ0v) is 38.1. The maximum Gasteiger partial charge on any atom is 0.122 e. The van der Waals surface area contributed by atoms with Crippen molar-refractivity contribution in [1.29, 1.82) is 0 Å². The van der Waals surface area contributed by atoms with Crippen LogP contribution >= 0.6 is 0 Å². The average Bonchev–Trinajstić information content (AvgIpc) is 3.11. The number of benzene rings is 2. The molecule has 55 heavy (non-hydrogen) atoms. The lowest BCUT2D eigenvalue weighted by molar-refractivity contribution is 0.283. The number of hydrogen-bond acceptors (Lipinski definition) is 5. The van der Waals surface area contributed by atoms with E-state index >= 15 is 0 Å². The molecule has 0 heterocycles. The molecule has 0 saturated heterocycles. The van der Waals surface area contributed by atoms with E-state index < -0.39 is 0 Å². The number of hydrogen-bond donors (Lipinski definition) is 2. The Morgan fingerprint density at radius 3 is 1.25 bits per heavy atom. The summed E-state index contributed by atoms with van der Waals surface area (Å²) in [5.74, 6) is 1.22. The van der Waals surface area contributed by atoms with Crippen LogP contribution in [0.5, 0.6) is 11.5 Å². The molecule has 2 aromatic carbocycles. The summed E-state index contributed by atoms with van der Waals surface area (Å²) < 4.78 is 0. The summed E-state index contributed by atoms with van der Waals surface area (Å²) in [4.78, 5) is 12.3. The van der Waals surface area contributed by atoms with Gasteiger partial charge in [0.15, 0.2) is 0 Å². The van der Waals surface area contributed by atoms with Gasteiger partial charge in [-0.15, -0.1) is 0 Å². The Kier molecular flexibility index (Phi) is 19.0. The predicted molar refractivity (Wildman–Crippen MR) is 244 cm³/mol. The van der Waals surface area contributed by atoms with E-state index in [9.17, 15) is 10.2 Å². The zero-order valence-electron chi connectivity index (χ0n) is 38.1. The molecule has 304 valence electrons. The van der Waals surface area contributed by atoms with Gasteiger partial charge >= 0.3 is 0 Å². The standard InChI is InChI=1S/C31H48O2.C9H13N.C8H10N2.C2H6/c1-20-13-24(30(9,10)18-28(3,4)5)16-22(26(20)32)15-23-17-25(14-21(2)27(23)33)31(11,12)19-29(6,7)8;1-3-8-6-4-5-7-9(8)10-2;1-9-7-5-3-4-6-8(7)10-2;1-2/h13-14,16-17,32-33H,15,18-19H2,1-12H3;4-8H,3H2,1-2H3;3-6H,1-2H3;1-2H3. The predicted octanol–water partition coefficient (Wildman–Crippen LogP) is 13.2. The summed E-state index contributed by atoms with van der Waals surface area (Å²) in [5.41, 5.74) is 9.51. The molecule has 2 aromatic rings. The first-order valence-corrected chi connectivity index (χ1v) is 20.2. The Morgan fingerprint density at radius 2 is 0.945 bits per heavy atom. The third-order valence-electron chi connectivity index (χ3n) is 9.81. The molecular formula is C50H77N3O2. The van der Waals surface area contributed by atoms with E-state index in [2.05, 4.69) is 134 Å². The Bertz CT molecular complexity index is 1660. The molecule has 0 aliphatic heterocycles. The van der Waals surface area contributed by atoms with Crippen molar-refractivity contribution in [2.24, 2.45) is 31.7 Å². The van der Waals surface area contributed by atoms with Gasteiger partial charge in [-0.1, -0.05) is 145 Å². The van der Waals surface area contributed by atoms with Crippen molar-refractivity contribution in [2.75, 3.05) is 21.1 Å². The van der Waals surface area contributed by atoms with E-state index in [1.165, 1.54) is 16.8 Å². The highest BCUT2D eigenvalue weighted by Crippen LogP contribution is 2.42. The van der Waals surface area contributed by atoms with Crippen molar-refractivity contribution in [3.05, 3.63) is 106 Å². The molecule has 0 radical (unpaired) electrons. The molecule has 0 aromatic heterocycles. The molecule has 0 bridgehead atoms. The maximum absolute atomic E-state index is 10.9. The molecule has 2 N–H and O–H groups in total. The van der Waals surface area contributed by atoms with Crippen LogP contribution < -0.4 is 0 Å². The Hall–Kier alpha value is -3.99. The van der Waals surface area contributed by atoms with E-state index in [0.717, 1.165) is 52.9 Å². The van der Waals surface area contributed by atoms with Crippen molar-refractivity contribution in [2.45, 2.75) is 140 Å². The number of allylic oxidation sites excluding steroid dienone is 8. The van der Waals surface area contributed by atoms with Crippen molar-refractivity contribution in [3.63, 3.8) is 0 Å². The summed E-state index contributed by atoms with van der Waals surface area (Å²) >= 11 is 0. The third-order valence-corrected chi connectivity index (χ3v) is 9.81. The van der Waals surface area contributed by atoms with Crippen LogP contribution in [0.2, 0.25) is 0 Å². The minimum Gasteiger partial charge on any atom is -0.507 e. The van der Waals surface area contributed by atoms with E-state index in [-0.39, 0.29) is 21.7 Å². The molecule has 1 unspecified atom stereocenters. The van der Waals surface area contributed by atoms with E-state index in [1.54, 1.807) is 14.1 Å². The summed E-state index contributed by atoms with van der Waals surface area (Å²) in [6.45, 7) is 32.9. The molecule has 1 atom stereocenters. The second kappa shape index (κ2) is 21.3. The van der Waals surface area contributed by atoms with Gasteiger partial charge in [0, 0.05) is 39.2 Å². The summed E-state index contributed by atoms with van der Waals surface area (Å²) in [6.07, 6.45) is 20.0. The van der Waals surface area contributed by atoms with Crippen LogP contribution in [0.15, 0.2) is 87.9 Å². The lowest BCUT2D eigenvalue weighted by Gasteiger charge is -2.34.